The van der Waals surface area contributed by atoms with E-state index in [2.05, 4.69) is 24.2 Å². The molecule has 0 radical (unpaired) electrons. The van der Waals surface area contributed by atoms with Crippen molar-refractivity contribution in [2.45, 2.75) is 33.4 Å². The van der Waals surface area contributed by atoms with Gasteiger partial charge in [0, 0.05) is 31.1 Å². The van der Waals surface area contributed by atoms with E-state index in [9.17, 15) is 4.79 Å². The van der Waals surface area contributed by atoms with Gasteiger partial charge in [-0.15, -0.1) is 11.3 Å². The number of fused-ring (bicyclic) bond motifs is 1. The molecule has 1 aromatic carbocycles. The van der Waals surface area contributed by atoms with Crippen molar-refractivity contribution in [2.24, 2.45) is 0 Å². The first-order chi connectivity index (χ1) is 16.4. The van der Waals surface area contributed by atoms with E-state index in [0.29, 0.717) is 36.5 Å². The van der Waals surface area contributed by atoms with E-state index < -0.39 is 0 Å². The number of benzene rings is 1. The first kappa shape index (κ1) is 23.6. The van der Waals surface area contributed by atoms with E-state index in [4.69, 9.17) is 15.0 Å². The summed E-state index contributed by atoms with van der Waals surface area (Å²) >= 11 is 1.65. The molecule has 0 unspecified atom stereocenters. The Morgan fingerprint density at radius 2 is 2.00 bits per heavy atom. The lowest BCUT2D eigenvalue weighted by molar-refractivity contribution is 0.0682. The predicted molar refractivity (Wildman–Crippen MR) is 134 cm³/mol. The van der Waals surface area contributed by atoms with Gasteiger partial charge in [-0.1, -0.05) is 12.1 Å². The lowest BCUT2D eigenvalue weighted by Gasteiger charge is -2.23. The number of ether oxygens (including phenoxy) is 1. The Balaban J connectivity index is 1.79. The average Bonchev–Trinajstić information content (AvgIpc) is 3.47. The van der Waals surface area contributed by atoms with Gasteiger partial charge in [-0.2, -0.15) is 10.4 Å². The number of thiophene rings is 1. The number of methoxy groups -OCH3 is 1. The summed E-state index contributed by atoms with van der Waals surface area (Å²) in [6.07, 6.45) is 1.73. The Morgan fingerprint density at radius 3 is 2.62 bits per heavy atom. The number of aryl methyl sites for hydroxylation is 1. The molecule has 174 valence electrons. The van der Waals surface area contributed by atoms with E-state index in [-0.39, 0.29) is 11.9 Å². The van der Waals surface area contributed by atoms with Crippen molar-refractivity contribution < 1.29 is 9.53 Å². The fraction of sp³-hybridized carbons (Fsp3) is 0.308. The zero-order valence-electron chi connectivity index (χ0n) is 19.8. The number of amides is 1. The van der Waals surface area contributed by atoms with Crippen LogP contribution in [0.1, 0.15) is 46.3 Å². The molecule has 0 aliphatic heterocycles. The van der Waals surface area contributed by atoms with Crippen LogP contribution in [-0.4, -0.2) is 45.8 Å². The fourth-order valence-electron chi connectivity index (χ4n) is 3.80. The lowest BCUT2D eigenvalue weighted by atomic mass is 10.1. The van der Waals surface area contributed by atoms with Crippen molar-refractivity contribution in [3.8, 4) is 16.6 Å². The summed E-state index contributed by atoms with van der Waals surface area (Å²) < 4.78 is 7.14. The first-order valence-corrected chi connectivity index (χ1v) is 11.9. The Bertz CT molecular complexity index is 1350. The van der Waals surface area contributed by atoms with Crippen LogP contribution in [0.3, 0.4) is 0 Å². The molecular formula is C26H27N5O2S. The number of carbonyl (C=O) groups is 1. The van der Waals surface area contributed by atoms with E-state index in [1.54, 1.807) is 41.7 Å². The molecule has 8 heteroatoms. The SMILES string of the molecule is COCCN(Cc1ccc(C#N)cc1)C(=O)c1cc(-c2ccc(C)s2)nc2c1cnn2C(C)C. The standard InChI is InChI=1S/C26H27N5O2S/c1-17(2)31-25-22(15-28-31)21(13-23(29-25)24-10-5-18(3)34-24)26(32)30(11-12-33-4)16-20-8-6-19(14-27)7-9-20/h5-10,13,15,17H,11-12,16H2,1-4H3. The Morgan fingerprint density at radius 1 is 1.24 bits per heavy atom. The Labute approximate surface area is 203 Å². The van der Waals surface area contributed by atoms with Gasteiger partial charge in [-0.3, -0.25) is 4.79 Å². The minimum Gasteiger partial charge on any atom is -0.383 e. The fourth-order valence-corrected chi connectivity index (χ4v) is 4.63. The average molecular weight is 474 g/mol. The van der Waals surface area contributed by atoms with Gasteiger partial charge in [0.2, 0.25) is 0 Å². The summed E-state index contributed by atoms with van der Waals surface area (Å²) in [4.78, 5) is 22.8. The van der Waals surface area contributed by atoms with Crippen LogP contribution >= 0.6 is 11.3 Å². The third kappa shape index (κ3) is 4.86. The summed E-state index contributed by atoms with van der Waals surface area (Å²) in [7, 11) is 1.62. The van der Waals surface area contributed by atoms with Gasteiger partial charge in [0.15, 0.2) is 5.65 Å². The number of nitrogens with zero attached hydrogens (tertiary/aromatic N) is 5. The molecule has 7 nitrogen and oxygen atoms in total. The van der Waals surface area contributed by atoms with E-state index >= 15 is 0 Å². The van der Waals surface area contributed by atoms with Gasteiger partial charge >= 0.3 is 0 Å². The minimum absolute atomic E-state index is 0.105. The second kappa shape index (κ2) is 10.2. The van der Waals surface area contributed by atoms with E-state index in [0.717, 1.165) is 21.5 Å². The van der Waals surface area contributed by atoms with Gasteiger partial charge in [0.05, 0.1) is 46.0 Å². The predicted octanol–water partition coefficient (Wildman–Crippen LogP) is 5.21. The van der Waals surface area contributed by atoms with Gasteiger partial charge in [0.1, 0.15) is 0 Å². The topological polar surface area (TPSA) is 84.0 Å². The molecule has 0 aliphatic rings. The summed E-state index contributed by atoms with van der Waals surface area (Å²) in [5, 5.41) is 14.4. The van der Waals surface area contributed by atoms with Crippen LogP contribution in [0.2, 0.25) is 0 Å². The molecule has 34 heavy (non-hydrogen) atoms. The number of rotatable bonds is 8. The van der Waals surface area contributed by atoms with Crippen molar-refractivity contribution in [1.29, 1.82) is 5.26 Å². The molecule has 4 rings (SSSR count). The highest BCUT2D eigenvalue weighted by Crippen LogP contribution is 2.31. The van der Waals surface area contributed by atoms with Crippen LogP contribution in [-0.2, 0) is 11.3 Å². The van der Waals surface area contributed by atoms with Crippen LogP contribution in [0, 0.1) is 18.3 Å². The quantitative estimate of drug-likeness (QED) is 0.351. The number of hydrogen-bond donors (Lipinski definition) is 0. The zero-order valence-corrected chi connectivity index (χ0v) is 20.6. The van der Waals surface area contributed by atoms with Crippen molar-refractivity contribution in [3.05, 3.63) is 70.2 Å². The van der Waals surface area contributed by atoms with E-state index in [1.807, 2.05) is 42.8 Å². The third-order valence-corrected chi connectivity index (χ3v) is 6.61. The van der Waals surface area contributed by atoms with Crippen molar-refractivity contribution in [3.63, 3.8) is 0 Å². The number of aromatic nitrogens is 3. The second-order valence-corrected chi connectivity index (χ2v) is 9.70. The molecule has 3 heterocycles. The summed E-state index contributed by atoms with van der Waals surface area (Å²) in [5.74, 6) is -0.105. The second-order valence-electron chi connectivity index (χ2n) is 8.41. The highest BCUT2D eigenvalue weighted by atomic mass is 32.1. The minimum atomic E-state index is -0.105. The number of carbonyl (C=O) groups excluding carboxylic acids is 1. The van der Waals surface area contributed by atoms with E-state index in [1.165, 1.54) is 4.88 Å². The van der Waals surface area contributed by atoms with Gasteiger partial charge in [-0.25, -0.2) is 9.67 Å². The van der Waals surface area contributed by atoms with Gasteiger partial charge < -0.3 is 9.64 Å². The molecule has 1 amide bonds. The molecule has 0 saturated carbocycles. The molecule has 0 spiro atoms. The molecule has 3 aromatic heterocycles. The van der Waals surface area contributed by atoms with Gasteiger partial charge in [0.25, 0.3) is 5.91 Å². The number of nitriles is 1. The van der Waals surface area contributed by atoms with Crippen LogP contribution in [0.4, 0.5) is 0 Å². The molecule has 0 atom stereocenters. The summed E-state index contributed by atoms with van der Waals surface area (Å²) in [6, 6.07) is 15.5. The van der Waals surface area contributed by atoms with Crippen molar-refractivity contribution in [2.75, 3.05) is 20.3 Å². The van der Waals surface area contributed by atoms with Crippen LogP contribution in [0.5, 0.6) is 0 Å². The highest BCUT2D eigenvalue weighted by Gasteiger charge is 2.23. The smallest absolute Gasteiger partial charge is 0.255 e. The van der Waals surface area contributed by atoms with Gasteiger partial charge in [-0.05, 0) is 56.7 Å². The molecular weight excluding hydrogens is 446 g/mol. The number of pyridine rings is 1. The Kier molecular flexibility index (Phi) is 7.06. The number of hydrogen-bond acceptors (Lipinski definition) is 6. The molecule has 0 aliphatic carbocycles. The monoisotopic (exact) mass is 473 g/mol. The third-order valence-electron chi connectivity index (χ3n) is 5.59. The summed E-state index contributed by atoms with van der Waals surface area (Å²) in [6.45, 7) is 7.41. The van der Waals surface area contributed by atoms with Crippen LogP contribution in [0.25, 0.3) is 21.6 Å². The molecule has 0 N–H and O–H groups in total. The molecule has 0 saturated heterocycles. The molecule has 0 bridgehead atoms. The molecule has 4 aromatic rings. The van der Waals surface area contributed by atoms with Crippen molar-refractivity contribution >= 4 is 28.3 Å². The maximum atomic E-state index is 13.9. The summed E-state index contributed by atoms with van der Waals surface area (Å²) in [5.41, 5.74) is 3.57. The normalized spacial score (nSPS) is 11.2. The maximum absolute atomic E-state index is 13.9. The van der Waals surface area contributed by atoms with Crippen molar-refractivity contribution in [1.82, 2.24) is 19.7 Å². The molecule has 0 fully saturated rings. The maximum Gasteiger partial charge on any atom is 0.255 e. The van der Waals surface area contributed by atoms with Crippen LogP contribution < -0.4 is 0 Å². The lowest BCUT2D eigenvalue weighted by Crippen LogP contribution is -2.33. The first-order valence-electron chi connectivity index (χ1n) is 11.1. The largest absolute Gasteiger partial charge is 0.383 e. The highest BCUT2D eigenvalue weighted by molar-refractivity contribution is 7.15. The zero-order chi connectivity index (χ0) is 24.2. The van der Waals surface area contributed by atoms with Crippen LogP contribution in [0.15, 0.2) is 48.7 Å². The Hall–Kier alpha value is -3.54.